The lowest BCUT2D eigenvalue weighted by Gasteiger charge is -2.38. The van der Waals surface area contributed by atoms with E-state index in [1.807, 2.05) is 0 Å². The van der Waals surface area contributed by atoms with E-state index >= 15 is 0 Å². The molecule has 0 aromatic carbocycles. The molecule has 1 fully saturated rings. The van der Waals surface area contributed by atoms with Crippen LogP contribution in [0.2, 0.25) is 0 Å². The van der Waals surface area contributed by atoms with Gasteiger partial charge < -0.3 is 15.4 Å². The molecule has 2 N–H and O–H groups in total. The third-order valence-corrected chi connectivity index (χ3v) is 3.08. The van der Waals surface area contributed by atoms with Crippen LogP contribution in [0.15, 0.2) is 0 Å². The maximum atomic E-state index is 5.56. The average Bonchev–Trinajstić information content (AvgIpc) is 2.51. The Bertz CT molecular complexity index is 306. The Kier molecular flexibility index (Phi) is 2.56. The minimum Gasteiger partial charge on any atom is -0.377 e. The Morgan fingerprint density at radius 2 is 2.00 bits per heavy atom. The van der Waals surface area contributed by atoms with Crippen molar-refractivity contribution in [2.75, 3.05) is 23.8 Å². The van der Waals surface area contributed by atoms with Crippen molar-refractivity contribution in [2.24, 2.45) is 0 Å². The maximum Gasteiger partial charge on any atom is 0.210 e. The van der Waals surface area contributed by atoms with Crippen molar-refractivity contribution in [3.8, 4) is 0 Å². The second kappa shape index (κ2) is 3.70. The van der Waals surface area contributed by atoms with E-state index < -0.39 is 0 Å². The van der Waals surface area contributed by atoms with Crippen LogP contribution >= 0.6 is 11.3 Å². The van der Waals surface area contributed by atoms with E-state index in [1.165, 1.54) is 11.3 Å². The topological polar surface area (TPSA) is 64.3 Å². The molecule has 78 valence electrons. The zero-order chi connectivity index (χ0) is 10.1. The Labute approximate surface area is 86.9 Å². The van der Waals surface area contributed by atoms with Gasteiger partial charge in [-0.1, -0.05) is 11.3 Å². The van der Waals surface area contributed by atoms with Gasteiger partial charge in [0.25, 0.3) is 0 Å². The molecule has 1 aromatic heterocycles. The van der Waals surface area contributed by atoms with E-state index in [2.05, 4.69) is 28.9 Å². The van der Waals surface area contributed by atoms with E-state index in [9.17, 15) is 0 Å². The molecule has 1 aromatic rings. The standard InChI is InChI=1S/C8H14N4OS/c1-5-3-13-4-6(2)12(5)8-11-10-7(9)14-8/h5-6H,3-4H2,1-2H3,(H2,9,10)/t5-,6-/m1/s1. The fourth-order valence-corrected chi connectivity index (χ4v) is 2.53. The van der Waals surface area contributed by atoms with Crippen LogP contribution in [0.5, 0.6) is 0 Å². The molecular weight excluding hydrogens is 200 g/mol. The molecule has 1 aliphatic heterocycles. The van der Waals surface area contributed by atoms with Crippen molar-refractivity contribution in [2.45, 2.75) is 25.9 Å². The van der Waals surface area contributed by atoms with Crippen LogP contribution in [0.25, 0.3) is 0 Å². The number of nitrogens with zero attached hydrogens (tertiary/aromatic N) is 3. The number of hydrogen-bond acceptors (Lipinski definition) is 6. The summed E-state index contributed by atoms with van der Waals surface area (Å²) < 4.78 is 5.44. The summed E-state index contributed by atoms with van der Waals surface area (Å²) in [5.74, 6) is 0. The molecule has 0 bridgehead atoms. The Balaban J connectivity index is 2.22. The molecule has 0 unspecified atom stereocenters. The number of nitrogen functional groups attached to an aromatic ring is 1. The predicted molar refractivity (Wildman–Crippen MR) is 56.5 cm³/mol. The minimum atomic E-state index is 0.339. The number of rotatable bonds is 1. The van der Waals surface area contributed by atoms with Crippen molar-refractivity contribution in [3.05, 3.63) is 0 Å². The van der Waals surface area contributed by atoms with Crippen LogP contribution in [-0.2, 0) is 4.74 Å². The first-order valence-corrected chi connectivity index (χ1v) is 5.45. The molecule has 14 heavy (non-hydrogen) atoms. The second-order valence-corrected chi connectivity index (χ2v) is 4.55. The predicted octanol–water partition coefficient (Wildman–Crippen LogP) is 0.734. The van der Waals surface area contributed by atoms with Gasteiger partial charge in [-0.05, 0) is 13.8 Å². The largest absolute Gasteiger partial charge is 0.377 e. The van der Waals surface area contributed by atoms with E-state index in [1.54, 1.807) is 0 Å². The highest BCUT2D eigenvalue weighted by molar-refractivity contribution is 7.18. The summed E-state index contributed by atoms with van der Waals surface area (Å²) in [5, 5.41) is 9.29. The molecule has 2 rings (SSSR count). The lowest BCUT2D eigenvalue weighted by Crippen LogP contribution is -2.49. The minimum absolute atomic E-state index is 0.339. The number of ether oxygens (including phenoxy) is 1. The second-order valence-electron chi connectivity index (χ2n) is 3.57. The van der Waals surface area contributed by atoms with E-state index in [4.69, 9.17) is 10.5 Å². The third kappa shape index (κ3) is 1.67. The van der Waals surface area contributed by atoms with Crippen LogP contribution in [0, 0.1) is 0 Å². The van der Waals surface area contributed by atoms with E-state index in [0.717, 1.165) is 18.3 Å². The van der Waals surface area contributed by atoms with Gasteiger partial charge >= 0.3 is 0 Å². The van der Waals surface area contributed by atoms with Gasteiger partial charge in [-0.25, -0.2) is 0 Å². The summed E-state index contributed by atoms with van der Waals surface area (Å²) >= 11 is 1.43. The molecule has 1 aliphatic rings. The molecule has 0 spiro atoms. The van der Waals surface area contributed by atoms with Crippen LogP contribution in [0.3, 0.4) is 0 Å². The summed E-state index contributed by atoms with van der Waals surface area (Å²) in [6, 6.07) is 0.678. The summed E-state index contributed by atoms with van der Waals surface area (Å²) in [6.45, 7) is 5.72. The number of hydrogen-bond donors (Lipinski definition) is 1. The van der Waals surface area contributed by atoms with Gasteiger partial charge in [0.15, 0.2) is 0 Å². The SMILES string of the molecule is C[C@@H]1COC[C@@H](C)N1c1nnc(N)s1. The maximum absolute atomic E-state index is 5.56. The molecule has 5 nitrogen and oxygen atoms in total. The van der Waals surface area contributed by atoms with Crippen molar-refractivity contribution in [1.29, 1.82) is 0 Å². The molecule has 1 saturated heterocycles. The van der Waals surface area contributed by atoms with Gasteiger partial charge in [0, 0.05) is 0 Å². The molecule has 2 atom stereocenters. The Morgan fingerprint density at radius 1 is 1.36 bits per heavy atom. The molecule has 6 heteroatoms. The summed E-state index contributed by atoms with van der Waals surface area (Å²) in [7, 11) is 0. The molecule has 0 saturated carbocycles. The summed E-state index contributed by atoms with van der Waals surface area (Å²) in [4.78, 5) is 2.22. The lowest BCUT2D eigenvalue weighted by atomic mass is 10.2. The number of anilines is 2. The highest BCUT2D eigenvalue weighted by Gasteiger charge is 2.27. The quantitative estimate of drug-likeness (QED) is 0.746. The number of aromatic nitrogens is 2. The first-order valence-electron chi connectivity index (χ1n) is 4.63. The van der Waals surface area contributed by atoms with Crippen molar-refractivity contribution in [1.82, 2.24) is 10.2 Å². The highest BCUT2D eigenvalue weighted by Crippen LogP contribution is 2.27. The fraction of sp³-hybridized carbons (Fsp3) is 0.750. The van der Waals surface area contributed by atoms with Gasteiger partial charge in [-0.3, -0.25) is 0 Å². The molecule has 0 amide bonds. The average molecular weight is 214 g/mol. The zero-order valence-corrected chi connectivity index (χ0v) is 9.12. The van der Waals surface area contributed by atoms with Gasteiger partial charge in [0.05, 0.1) is 25.3 Å². The fourth-order valence-electron chi connectivity index (χ4n) is 1.71. The van der Waals surface area contributed by atoms with Crippen LogP contribution in [0.4, 0.5) is 10.3 Å². The van der Waals surface area contributed by atoms with Crippen molar-refractivity contribution in [3.63, 3.8) is 0 Å². The zero-order valence-electron chi connectivity index (χ0n) is 8.30. The molecule has 0 aliphatic carbocycles. The highest BCUT2D eigenvalue weighted by atomic mass is 32.1. The smallest absolute Gasteiger partial charge is 0.210 e. The van der Waals surface area contributed by atoms with Crippen LogP contribution in [-0.4, -0.2) is 35.5 Å². The van der Waals surface area contributed by atoms with Crippen LogP contribution < -0.4 is 10.6 Å². The Hall–Kier alpha value is -0.880. The normalized spacial score (nSPS) is 28.0. The van der Waals surface area contributed by atoms with Gasteiger partial charge in [0.2, 0.25) is 10.3 Å². The first-order chi connectivity index (χ1) is 6.68. The van der Waals surface area contributed by atoms with Gasteiger partial charge in [-0.15, -0.1) is 10.2 Å². The molecule has 2 heterocycles. The van der Waals surface area contributed by atoms with Crippen LogP contribution in [0.1, 0.15) is 13.8 Å². The summed E-state index contributed by atoms with van der Waals surface area (Å²) in [5.41, 5.74) is 5.56. The third-order valence-electron chi connectivity index (χ3n) is 2.32. The van der Waals surface area contributed by atoms with Gasteiger partial charge in [0.1, 0.15) is 0 Å². The monoisotopic (exact) mass is 214 g/mol. The first kappa shape index (κ1) is 9.67. The van der Waals surface area contributed by atoms with E-state index in [0.29, 0.717) is 17.2 Å². The van der Waals surface area contributed by atoms with E-state index in [-0.39, 0.29) is 0 Å². The summed E-state index contributed by atoms with van der Waals surface area (Å²) in [6.07, 6.45) is 0. The molecule has 0 radical (unpaired) electrons. The lowest BCUT2D eigenvalue weighted by molar-refractivity contribution is 0.0756. The number of morpholine rings is 1. The van der Waals surface area contributed by atoms with Crippen molar-refractivity contribution < 1.29 is 4.74 Å². The van der Waals surface area contributed by atoms with Gasteiger partial charge in [-0.2, -0.15) is 0 Å². The molecular formula is C8H14N4OS. The Morgan fingerprint density at radius 3 is 2.50 bits per heavy atom. The number of nitrogens with two attached hydrogens (primary N) is 1. The van der Waals surface area contributed by atoms with Crippen molar-refractivity contribution >= 4 is 21.6 Å².